The van der Waals surface area contributed by atoms with Gasteiger partial charge in [-0.1, -0.05) is 22.4 Å². The van der Waals surface area contributed by atoms with Crippen molar-refractivity contribution in [3.05, 3.63) is 28.9 Å². The molecular formula is C15H17BrN2O. The van der Waals surface area contributed by atoms with Gasteiger partial charge in [0.15, 0.2) is 5.75 Å². The molecule has 3 rings (SSSR count). The summed E-state index contributed by atoms with van der Waals surface area (Å²) in [6, 6.07) is 5.99. The van der Waals surface area contributed by atoms with E-state index in [0.29, 0.717) is 11.8 Å². The van der Waals surface area contributed by atoms with Crippen molar-refractivity contribution in [1.29, 1.82) is 0 Å². The van der Waals surface area contributed by atoms with Crippen molar-refractivity contribution in [1.82, 2.24) is 4.98 Å². The molecule has 1 aliphatic carbocycles. The number of nitrogens with two attached hydrogens (primary N) is 1. The molecule has 0 unspecified atom stereocenters. The van der Waals surface area contributed by atoms with Gasteiger partial charge in [0, 0.05) is 9.86 Å². The Hall–Kier alpha value is -1.29. The molecule has 0 saturated heterocycles. The second-order valence-electron chi connectivity index (χ2n) is 5.08. The fraction of sp³-hybridized carbons (Fsp3) is 0.400. The Kier molecular flexibility index (Phi) is 3.60. The van der Waals surface area contributed by atoms with E-state index in [1.165, 1.54) is 19.3 Å². The number of ether oxygens (including phenoxy) is 1. The van der Waals surface area contributed by atoms with Gasteiger partial charge in [0.05, 0.1) is 23.5 Å². The predicted molar refractivity (Wildman–Crippen MR) is 81.4 cm³/mol. The first-order valence-corrected chi connectivity index (χ1v) is 7.54. The zero-order chi connectivity index (χ0) is 13.2. The summed E-state index contributed by atoms with van der Waals surface area (Å²) >= 11 is 3.49. The summed E-state index contributed by atoms with van der Waals surface area (Å²) in [6.45, 7) is 0. The van der Waals surface area contributed by atoms with Crippen molar-refractivity contribution in [3.63, 3.8) is 0 Å². The van der Waals surface area contributed by atoms with E-state index < -0.39 is 0 Å². The van der Waals surface area contributed by atoms with Gasteiger partial charge < -0.3 is 10.5 Å². The number of halogens is 1. The van der Waals surface area contributed by atoms with Crippen LogP contribution >= 0.6 is 15.9 Å². The number of anilines is 1. The van der Waals surface area contributed by atoms with Crippen molar-refractivity contribution in [2.45, 2.75) is 38.2 Å². The first-order valence-electron chi connectivity index (χ1n) is 6.74. The van der Waals surface area contributed by atoms with Gasteiger partial charge in [-0.25, -0.2) is 0 Å². The van der Waals surface area contributed by atoms with E-state index in [2.05, 4.69) is 20.9 Å². The number of nitrogens with zero attached hydrogens (tertiary/aromatic N) is 1. The molecular weight excluding hydrogens is 304 g/mol. The molecule has 1 heterocycles. The highest BCUT2D eigenvalue weighted by atomic mass is 79.9. The maximum Gasteiger partial charge on any atom is 0.153 e. The van der Waals surface area contributed by atoms with Crippen molar-refractivity contribution in [2.24, 2.45) is 0 Å². The van der Waals surface area contributed by atoms with Crippen molar-refractivity contribution in [2.75, 3.05) is 5.73 Å². The molecule has 3 nitrogen and oxygen atoms in total. The van der Waals surface area contributed by atoms with Crippen molar-refractivity contribution >= 4 is 32.5 Å². The van der Waals surface area contributed by atoms with E-state index in [1.54, 1.807) is 6.20 Å². The first kappa shape index (κ1) is 12.7. The predicted octanol–water partition coefficient (Wildman–Crippen LogP) is 4.29. The molecule has 1 aliphatic rings. The van der Waals surface area contributed by atoms with Gasteiger partial charge in [-0.15, -0.1) is 0 Å². The van der Waals surface area contributed by atoms with Gasteiger partial charge in [-0.05, 0) is 43.9 Å². The summed E-state index contributed by atoms with van der Waals surface area (Å²) in [5, 5.41) is 0.986. The minimum absolute atomic E-state index is 0.292. The fourth-order valence-electron chi connectivity index (χ4n) is 2.64. The largest absolute Gasteiger partial charge is 0.487 e. The van der Waals surface area contributed by atoms with E-state index in [0.717, 1.165) is 34.0 Å². The number of pyridine rings is 1. The number of aromatic nitrogens is 1. The summed E-state index contributed by atoms with van der Waals surface area (Å²) in [4.78, 5) is 4.35. The summed E-state index contributed by atoms with van der Waals surface area (Å²) in [6.07, 6.45) is 8.04. The molecule has 0 bridgehead atoms. The maximum absolute atomic E-state index is 6.17. The third-order valence-corrected chi connectivity index (χ3v) is 4.14. The monoisotopic (exact) mass is 320 g/mol. The zero-order valence-electron chi connectivity index (χ0n) is 10.7. The Bertz CT molecular complexity index is 589. The summed E-state index contributed by atoms with van der Waals surface area (Å²) in [7, 11) is 0. The molecule has 1 fully saturated rings. The van der Waals surface area contributed by atoms with Gasteiger partial charge in [0.25, 0.3) is 0 Å². The zero-order valence-corrected chi connectivity index (χ0v) is 12.3. The van der Waals surface area contributed by atoms with Crippen LogP contribution in [0.5, 0.6) is 5.75 Å². The average molecular weight is 321 g/mol. The molecule has 0 amide bonds. The number of fused-ring (bicyclic) bond motifs is 1. The van der Waals surface area contributed by atoms with E-state index in [4.69, 9.17) is 10.5 Å². The van der Waals surface area contributed by atoms with Crippen LogP contribution in [-0.2, 0) is 0 Å². The minimum atomic E-state index is 0.292. The van der Waals surface area contributed by atoms with Crippen LogP contribution in [0.2, 0.25) is 0 Å². The molecule has 2 N–H and O–H groups in total. The Balaban J connectivity index is 2.00. The van der Waals surface area contributed by atoms with Crippen LogP contribution in [0.3, 0.4) is 0 Å². The van der Waals surface area contributed by atoms with Crippen molar-refractivity contribution in [3.8, 4) is 5.75 Å². The Labute approximate surface area is 121 Å². The Morgan fingerprint density at radius 3 is 2.79 bits per heavy atom. The molecule has 0 atom stereocenters. The molecule has 1 saturated carbocycles. The van der Waals surface area contributed by atoms with E-state index in [1.807, 2.05) is 18.2 Å². The van der Waals surface area contributed by atoms with Crippen LogP contribution in [-0.4, -0.2) is 11.1 Å². The third kappa shape index (κ3) is 2.68. The smallest absolute Gasteiger partial charge is 0.153 e. The standard InChI is InChI=1S/C15H17BrN2O/c16-10-6-7-14-12(8-10)15(13(17)9-18-14)19-11-4-2-1-3-5-11/h6-9,11H,1-5,17H2. The molecule has 4 heteroatoms. The average Bonchev–Trinajstić information content (AvgIpc) is 2.43. The molecule has 100 valence electrons. The number of hydrogen-bond donors (Lipinski definition) is 1. The van der Waals surface area contributed by atoms with Gasteiger partial charge in [0.2, 0.25) is 0 Å². The first-order chi connectivity index (χ1) is 9.24. The van der Waals surface area contributed by atoms with Crippen LogP contribution in [0.25, 0.3) is 10.9 Å². The highest BCUT2D eigenvalue weighted by Crippen LogP contribution is 2.34. The van der Waals surface area contributed by atoms with Gasteiger partial charge in [-0.3, -0.25) is 4.98 Å². The fourth-order valence-corrected chi connectivity index (χ4v) is 3.00. The quantitative estimate of drug-likeness (QED) is 0.897. The maximum atomic E-state index is 6.17. The molecule has 0 radical (unpaired) electrons. The number of nitrogen functional groups attached to an aromatic ring is 1. The highest BCUT2D eigenvalue weighted by Gasteiger charge is 2.18. The van der Waals surface area contributed by atoms with Crippen molar-refractivity contribution < 1.29 is 4.74 Å². The number of benzene rings is 1. The molecule has 0 aliphatic heterocycles. The molecule has 2 aromatic rings. The van der Waals surface area contributed by atoms with E-state index >= 15 is 0 Å². The lowest BCUT2D eigenvalue weighted by atomic mass is 9.97. The lowest BCUT2D eigenvalue weighted by Crippen LogP contribution is -2.20. The topological polar surface area (TPSA) is 48.1 Å². The number of hydrogen-bond acceptors (Lipinski definition) is 3. The van der Waals surface area contributed by atoms with Gasteiger partial charge in [-0.2, -0.15) is 0 Å². The molecule has 1 aromatic heterocycles. The molecule has 19 heavy (non-hydrogen) atoms. The summed E-state index contributed by atoms with van der Waals surface area (Å²) in [5.74, 6) is 0.790. The van der Waals surface area contributed by atoms with Crippen LogP contribution in [0, 0.1) is 0 Å². The van der Waals surface area contributed by atoms with E-state index in [-0.39, 0.29) is 0 Å². The van der Waals surface area contributed by atoms with Crippen LogP contribution < -0.4 is 10.5 Å². The van der Waals surface area contributed by atoms with E-state index in [9.17, 15) is 0 Å². The Morgan fingerprint density at radius 1 is 1.21 bits per heavy atom. The third-order valence-electron chi connectivity index (χ3n) is 3.64. The number of rotatable bonds is 2. The second-order valence-corrected chi connectivity index (χ2v) is 6.00. The van der Waals surface area contributed by atoms with Crippen LogP contribution in [0.4, 0.5) is 5.69 Å². The lowest BCUT2D eigenvalue weighted by molar-refractivity contribution is 0.158. The van der Waals surface area contributed by atoms with Crippen LogP contribution in [0.15, 0.2) is 28.9 Å². The minimum Gasteiger partial charge on any atom is -0.487 e. The van der Waals surface area contributed by atoms with Gasteiger partial charge in [0.1, 0.15) is 0 Å². The molecule has 0 spiro atoms. The van der Waals surface area contributed by atoms with Gasteiger partial charge >= 0.3 is 0 Å². The molecule has 1 aromatic carbocycles. The SMILES string of the molecule is Nc1cnc2ccc(Br)cc2c1OC1CCCCC1. The summed E-state index contributed by atoms with van der Waals surface area (Å²) < 4.78 is 7.18. The second kappa shape index (κ2) is 5.37. The highest BCUT2D eigenvalue weighted by molar-refractivity contribution is 9.10. The lowest BCUT2D eigenvalue weighted by Gasteiger charge is -2.24. The summed E-state index contributed by atoms with van der Waals surface area (Å²) in [5.41, 5.74) is 7.59. The normalized spacial score (nSPS) is 16.7. The van der Waals surface area contributed by atoms with Crippen LogP contribution in [0.1, 0.15) is 32.1 Å². The Morgan fingerprint density at radius 2 is 2.00 bits per heavy atom.